The normalized spacial score (nSPS) is 25.3. The number of aryl methyl sites for hydroxylation is 2. The molecule has 8 heteroatoms. The van der Waals surface area contributed by atoms with Crippen LogP contribution in [0.3, 0.4) is 0 Å². The highest BCUT2D eigenvalue weighted by Crippen LogP contribution is 2.35. The molecule has 0 aromatic carbocycles. The molecule has 1 aliphatic carbocycles. The predicted molar refractivity (Wildman–Crippen MR) is 111 cm³/mol. The SMILES string of the molecule is O=c1c2c3c(sc2nc(SC[C@H]2CCOCO2)n1C[C@@H]1CCCO1)CCCC3. The largest absolute Gasteiger partial charge is 0.376 e. The maximum atomic E-state index is 13.5. The summed E-state index contributed by atoms with van der Waals surface area (Å²) in [5.41, 5.74) is 1.38. The molecule has 0 spiro atoms. The molecule has 2 atom stereocenters. The first-order valence-corrected chi connectivity index (χ1v) is 12.1. The summed E-state index contributed by atoms with van der Waals surface area (Å²) in [5, 5.41) is 1.67. The van der Waals surface area contributed by atoms with Gasteiger partial charge in [0.05, 0.1) is 30.7 Å². The summed E-state index contributed by atoms with van der Waals surface area (Å²) in [6.07, 6.45) is 7.71. The van der Waals surface area contributed by atoms with E-state index >= 15 is 0 Å². The monoisotopic (exact) mass is 422 g/mol. The number of rotatable bonds is 5. The summed E-state index contributed by atoms with van der Waals surface area (Å²) in [4.78, 5) is 20.8. The van der Waals surface area contributed by atoms with Gasteiger partial charge in [-0.05, 0) is 50.5 Å². The number of thiophene rings is 1. The highest BCUT2D eigenvalue weighted by atomic mass is 32.2. The summed E-state index contributed by atoms with van der Waals surface area (Å²) in [6.45, 7) is 2.49. The Morgan fingerprint density at radius 2 is 2.04 bits per heavy atom. The number of hydrogen-bond acceptors (Lipinski definition) is 7. The fraction of sp³-hybridized carbons (Fsp3) is 0.700. The third kappa shape index (κ3) is 3.77. The number of thioether (sulfide) groups is 1. The molecular formula is C20H26N2O4S2. The molecule has 2 fully saturated rings. The number of nitrogens with zero attached hydrogens (tertiary/aromatic N) is 2. The van der Waals surface area contributed by atoms with Gasteiger partial charge in [-0.2, -0.15) is 0 Å². The molecule has 2 aromatic rings. The van der Waals surface area contributed by atoms with Crippen molar-refractivity contribution in [1.29, 1.82) is 0 Å². The van der Waals surface area contributed by atoms with Gasteiger partial charge in [0.15, 0.2) is 5.16 Å². The average Bonchev–Trinajstić information content (AvgIpc) is 3.37. The van der Waals surface area contributed by atoms with Crippen LogP contribution in [0.25, 0.3) is 10.2 Å². The Kier molecular flexibility index (Phi) is 5.74. The van der Waals surface area contributed by atoms with E-state index < -0.39 is 0 Å². The van der Waals surface area contributed by atoms with Crippen LogP contribution in [0.5, 0.6) is 0 Å². The molecule has 2 aliphatic heterocycles. The van der Waals surface area contributed by atoms with Gasteiger partial charge in [-0.15, -0.1) is 11.3 Å². The van der Waals surface area contributed by atoms with Crippen molar-refractivity contribution in [3.8, 4) is 0 Å². The summed E-state index contributed by atoms with van der Waals surface area (Å²) < 4.78 is 18.7. The van der Waals surface area contributed by atoms with E-state index in [1.54, 1.807) is 23.1 Å². The van der Waals surface area contributed by atoms with Gasteiger partial charge >= 0.3 is 0 Å². The lowest BCUT2D eigenvalue weighted by Crippen LogP contribution is -2.30. The van der Waals surface area contributed by atoms with Crippen LogP contribution in [0.1, 0.15) is 42.5 Å². The quantitative estimate of drug-likeness (QED) is 0.544. The van der Waals surface area contributed by atoms with Crippen LogP contribution in [0.2, 0.25) is 0 Å². The predicted octanol–water partition coefficient (Wildman–Crippen LogP) is 3.37. The average molecular weight is 423 g/mol. The Labute approximate surface area is 172 Å². The number of hydrogen-bond donors (Lipinski definition) is 0. The Balaban J connectivity index is 1.50. The Morgan fingerprint density at radius 1 is 1.11 bits per heavy atom. The van der Waals surface area contributed by atoms with Crippen LogP contribution in [0, 0.1) is 0 Å². The van der Waals surface area contributed by atoms with Crippen molar-refractivity contribution < 1.29 is 14.2 Å². The fourth-order valence-corrected chi connectivity index (χ4v) is 6.66. The van der Waals surface area contributed by atoms with Crippen LogP contribution in [-0.4, -0.2) is 47.5 Å². The van der Waals surface area contributed by atoms with Crippen molar-refractivity contribution in [2.24, 2.45) is 0 Å². The van der Waals surface area contributed by atoms with Gasteiger partial charge in [-0.3, -0.25) is 9.36 Å². The summed E-state index contributed by atoms with van der Waals surface area (Å²) in [7, 11) is 0. The van der Waals surface area contributed by atoms with E-state index in [1.807, 2.05) is 4.57 Å². The van der Waals surface area contributed by atoms with Crippen molar-refractivity contribution in [2.75, 3.05) is 25.8 Å². The van der Waals surface area contributed by atoms with Gasteiger partial charge in [-0.1, -0.05) is 11.8 Å². The van der Waals surface area contributed by atoms with Crippen molar-refractivity contribution in [2.45, 2.75) is 68.9 Å². The van der Waals surface area contributed by atoms with Gasteiger partial charge in [0, 0.05) is 17.2 Å². The van der Waals surface area contributed by atoms with E-state index in [2.05, 4.69) is 0 Å². The van der Waals surface area contributed by atoms with E-state index in [4.69, 9.17) is 19.2 Å². The van der Waals surface area contributed by atoms with Gasteiger partial charge in [0.1, 0.15) is 11.6 Å². The lowest BCUT2D eigenvalue weighted by molar-refractivity contribution is -0.130. The number of ether oxygens (including phenoxy) is 3. The van der Waals surface area contributed by atoms with E-state index in [1.165, 1.54) is 23.3 Å². The van der Waals surface area contributed by atoms with Crippen LogP contribution >= 0.6 is 23.1 Å². The second-order valence-electron chi connectivity index (χ2n) is 7.75. The lowest BCUT2D eigenvalue weighted by atomic mass is 9.97. The minimum Gasteiger partial charge on any atom is -0.376 e. The molecule has 2 saturated heterocycles. The van der Waals surface area contributed by atoms with Gasteiger partial charge < -0.3 is 14.2 Å². The minimum absolute atomic E-state index is 0.116. The van der Waals surface area contributed by atoms with Crippen LogP contribution < -0.4 is 5.56 Å². The number of fused-ring (bicyclic) bond motifs is 3. The molecule has 0 radical (unpaired) electrons. The first-order valence-electron chi connectivity index (χ1n) is 10.3. The molecule has 152 valence electrons. The molecule has 0 amide bonds. The molecule has 3 aliphatic rings. The zero-order chi connectivity index (χ0) is 18.9. The topological polar surface area (TPSA) is 62.6 Å². The highest BCUT2D eigenvalue weighted by molar-refractivity contribution is 7.99. The van der Waals surface area contributed by atoms with Crippen LogP contribution in [0.15, 0.2) is 9.95 Å². The minimum atomic E-state index is 0.116. The molecule has 6 nitrogen and oxygen atoms in total. The zero-order valence-electron chi connectivity index (χ0n) is 16.0. The Hall–Kier alpha value is -0.930. The second-order valence-corrected chi connectivity index (χ2v) is 9.82. The van der Waals surface area contributed by atoms with Gasteiger partial charge in [0.2, 0.25) is 0 Å². The molecule has 5 rings (SSSR count). The third-order valence-corrected chi connectivity index (χ3v) is 8.11. The maximum Gasteiger partial charge on any atom is 0.263 e. The molecule has 0 saturated carbocycles. The van der Waals surface area contributed by atoms with Gasteiger partial charge in [-0.25, -0.2) is 4.98 Å². The first-order chi connectivity index (χ1) is 13.8. The summed E-state index contributed by atoms with van der Waals surface area (Å²) in [6, 6.07) is 0. The summed E-state index contributed by atoms with van der Waals surface area (Å²) >= 11 is 3.35. The van der Waals surface area contributed by atoms with Crippen molar-refractivity contribution >= 4 is 33.3 Å². The molecule has 2 aromatic heterocycles. The van der Waals surface area contributed by atoms with Crippen LogP contribution in [0.4, 0.5) is 0 Å². The van der Waals surface area contributed by atoms with E-state index in [9.17, 15) is 4.79 Å². The van der Waals surface area contributed by atoms with E-state index in [0.29, 0.717) is 13.3 Å². The van der Waals surface area contributed by atoms with Crippen LogP contribution in [-0.2, 0) is 33.6 Å². The molecule has 0 unspecified atom stereocenters. The Morgan fingerprint density at radius 3 is 2.86 bits per heavy atom. The maximum absolute atomic E-state index is 13.5. The lowest BCUT2D eigenvalue weighted by Gasteiger charge is -2.23. The van der Waals surface area contributed by atoms with Crippen molar-refractivity contribution in [3.05, 3.63) is 20.8 Å². The summed E-state index contributed by atoms with van der Waals surface area (Å²) in [5.74, 6) is 0.790. The number of aromatic nitrogens is 2. The first kappa shape index (κ1) is 19.1. The molecular weight excluding hydrogens is 396 g/mol. The molecule has 28 heavy (non-hydrogen) atoms. The molecule has 0 bridgehead atoms. The highest BCUT2D eigenvalue weighted by Gasteiger charge is 2.25. The van der Waals surface area contributed by atoms with Gasteiger partial charge in [0.25, 0.3) is 5.56 Å². The third-order valence-electron chi connectivity index (χ3n) is 5.82. The second kappa shape index (κ2) is 8.44. The zero-order valence-corrected chi connectivity index (χ0v) is 17.6. The van der Waals surface area contributed by atoms with Crippen molar-refractivity contribution in [3.63, 3.8) is 0 Å². The molecule has 0 N–H and O–H groups in total. The van der Waals surface area contributed by atoms with Crippen molar-refractivity contribution in [1.82, 2.24) is 9.55 Å². The molecule has 4 heterocycles. The van der Waals surface area contributed by atoms with E-state index in [-0.39, 0.29) is 17.8 Å². The standard InChI is InChI=1S/C20H26N2O4S2/c23-19-17-15-5-1-2-6-16(15)28-18(17)21-20(22(19)10-13-4-3-8-25-13)27-11-14-7-9-24-12-26-14/h13-14H,1-12H2/t13-,14+/m0/s1. The smallest absolute Gasteiger partial charge is 0.263 e. The Bertz CT molecular complexity index is 898. The fourth-order valence-electron chi connectivity index (χ4n) is 4.28. The van der Waals surface area contributed by atoms with E-state index in [0.717, 1.165) is 66.4 Å².